The SMILES string of the molecule is COc1ccc2cc(C(C)(CN)CNC(=O)OC(C)(C)C)[nH]c2c1. The summed E-state index contributed by atoms with van der Waals surface area (Å²) >= 11 is 0. The van der Waals surface area contributed by atoms with Gasteiger partial charge in [-0.1, -0.05) is 6.92 Å². The second-order valence-electron chi connectivity index (χ2n) is 7.26. The molecule has 4 N–H and O–H groups in total. The van der Waals surface area contributed by atoms with Crippen LogP contribution in [-0.2, 0) is 10.2 Å². The van der Waals surface area contributed by atoms with Crippen molar-refractivity contribution < 1.29 is 14.3 Å². The van der Waals surface area contributed by atoms with Gasteiger partial charge in [0.15, 0.2) is 0 Å². The highest BCUT2D eigenvalue weighted by atomic mass is 16.6. The van der Waals surface area contributed by atoms with Crippen LogP contribution in [0.3, 0.4) is 0 Å². The van der Waals surface area contributed by atoms with E-state index in [1.54, 1.807) is 7.11 Å². The third-order valence-corrected chi connectivity index (χ3v) is 3.95. The number of hydrogen-bond acceptors (Lipinski definition) is 4. The number of ether oxygens (including phenoxy) is 2. The Morgan fingerprint density at radius 2 is 1.96 bits per heavy atom. The lowest BCUT2D eigenvalue weighted by molar-refractivity contribution is 0.0516. The molecule has 0 saturated carbocycles. The average Bonchev–Trinajstić information content (AvgIpc) is 2.94. The fourth-order valence-corrected chi connectivity index (χ4v) is 2.42. The largest absolute Gasteiger partial charge is 0.497 e. The highest BCUT2D eigenvalue weighted by molar-refractivity contribution is 5.82. The number of nitrogens with one attached hydrogen (secondary N) is 2. The van der Waals surface area contributed by atoms with Crippen molar-refractivity contribution >= 4 is 17.0 Å². The van der Waals surface area contributed by atoms with Crippen LogP contribution in [0.2, 0.25) is 0 Å². The first-order chi connectivity index (χ1) is 11.2. The van der Waals surface area contributed by atoms with E-state index in [0.29, 0.717) is 13.1 Å². The van der Waals surface area contributed by atoms with Crippen molar-refractivity contribution in [2.24, 2.45) is 5.73 Å². The molecule has 132 valence electrons. The molecule has 2 rings (SSSR count). The number of methoxy groups -OCH3 is 1. The molecule has 24 heavy (non-hydrogen) atoms. The van der Waals surface area contributed by atoms with Crippen molar-refractivity contribution in [3.63, 3.8) is 0 Å². The molecule has 2 aromatic rings. The van der Waals surface area contributed by atoms with E-state index in [1.807, 2.05) is 45.9 Å². The van der Waals surface area contributed by atoms with Gasteiger partial charge in [-0.25, -0.2) is 4.79 Å². The molecular weight excluding hydrogens is 306 g/mol. The van der Waals surface area contributed by atoms with E-state index in [4.69, 9.17) is 15.2 Å². The molecule has 0 radical (unpaired) electrons. The Bertz CT molecular complexity index is 718. The molecule has 1 amide bonds. The predicted molar refractivity (Wildman–Crippen MR) is 95.5 cm³/mol. The molecule has 0 spiro atoms. The Hall–Kier alpha value is -2.21. The van der Waals surface area contributed by atoms with Crippen LogP contribution >= 0.6 is 0 Å². The van der Waals surface area contributed by atoms with Crippen molar-refractivity contribution in [3.05, 3.63) is 30.0 Å². The minimum Gasteiger partial charge on any atom is -0.497 e. The maximum atomic E-state index is 11.9. The molecule has 0 aliphatic carbocycles. The second-order valence-corrected chi connectivity index (χ2v) is 7.26. The first-order valence-electron chi connectivity index (χ1n) is 8.01. The van der Waals surface area contributed by atoms with Crippen molar-refractivity contribution in [2.75, 3.05) is 20.2 Å². The normalized spacial score (nSPS) is 14.2. The molecule has 1 aromatic carbocycles. The second kappa shape index (κ2) is 6.73. The Morgan fingerprint density at radius 3 is 2.54 bits per heavy atom. The third kappa shape index (κ3) is 4.20. The average molecular weight is 333 g/mol. The summed E-state index contributed by atoms with van der Waals surface area (Å²) in [6.45, 7) is 8.26. The summed E-state index contributed by atoms with van der Waals surface area (Å²) in [5.41, 5.74) is 6.98. The van der Waals surface area contributed by atoms with E-state index in [9.17, 15) is 4.79 Å². The Kier molecular flexibility index (Phi) is 5.08. The number of benzene rings is 1. The topological polar surface area (TPSA) is 89.4 Å². The molecule has 1 heterocycles. The predicted octanol–water partition coefficient (Wildman–Crippen LogP) is 2.92. The van der Waals surface area contributed by atoms with Gasteiger partial charge < -0.3 is 25.5 Å². The van der Waals surface area contributed by atoms with Crippen molar-refractivity contribution in [3.8, 4) is 5.75 Å². The molecule has 0 saturated heterocycles. The quantitative estimate of drug-likeness (QED) is 0.785. The molecule has 0 aliphatic heterocycles. The van der Waals surface area contributed by atoms with Crippen LogP contribution in [-0.4, -0.2) is 36.9 Å². The Balaban J connectivity index is 2.18. The fraction of sp³-hybridized carbons (Fsp3) is 0.500. The minimum atomic E-state index is -0.527. The number of fused-ring (bicyclic) bond motifs is 1. The van der Waals surface area contributed by atoms with Crippen LogP contribution in [0.4, 0.5) is 4.79 Å². The first kappa shape index (κ1) is 18.1. The summed E-state index contributed by atoms with van der Waals surface area (Å²) in [4.78, 5) is 15.3. The van der Waals surface area contributed by atoms with Crippen molar-refractivity contribution in [2.45, 2.75) is 38.7 Å². The Morgan fingerprint density at radius 1 is 1.25 bits per heavy atom. The molecule has 0 aliphatic rings. The number of alkyl carbamates (subject to hydrolysis) is 1. The number of aromatic nitrogens is 1. The van der Waals surface area contributed by atoms with Gasteiger partial charge in [0.05, 0.1) is 7.11 Å². The van der Waals surface area contributed by atoms with Gasteiger partial charge in [-0.05, 0) is 44.4 Å². The fourth-order valence-electron chi connectivity index (χ4n) is 2.42. The molecule has 6 heteroatoms. The molecule has 6 nitrogen and oxygen atoms in total. The van der Waals surface area contributed by atoms with Crippen LogP contribution in [0.5, 0.6) is 5.75 Å². The molecule has 0 bridgehead atoms. The van der Waals surface area contributed by atoms with Gasteiger partial charge in [-0.2, -0.15) is 0 Å². The van der Waals surface area contributed by atoms with Gasteiger partial charge in [0.2, 0.25) is 0 Å². The van der Waals surface area contributed by atoms with Gasteiger partial charge in [0, 0.05) is 35.8 Å². The van der Waals surface area contributed by atoms with E-state index < -0.39 is 17.1 Å². The van der Waals surface area contributed by atoms with Crippen LogP contribution in [0.15, 0.2) is 24.3 Å². The van der Waals surface area contributed by atoms with E-state index in [0.717, 1.165) is 22.3 Å². The van der Waals surface area contributed by atoms with Gasteiger partial charge in [0.25, 0.3) is 0 Å². The monoisotopic (exact) mass is 333 g/mol. The molecule has 0 fully saturated rings. The maximum Gasteiger partial charge on any atom is 0.407 e. The number of nitrogens with two attached hydrogens (primary N) is 1. The van der Waals surface area contributed by atoms with Gasteiger partial charge in [-0.15, -0.1) is 0 Å². The third-order valence-electron chi connectivity index (χ3n) is 3.95. The van der Waals surface area contributed by atoms with E-state index in [1.165, 1.54) is 0 Å². The van der Waals surface area contributed by atoms with Crippen molar-refractivity contribution in [1.82, 2.24) is 10.3 Å². The standard InChI is InChI=1S/C18H27N3O3/c1-17(2,3)24-16(22)20-11-18(4,10-19)15-8-12-6-7-13(23-5)9-14(12)21-15/h6-9,21H,10-11,19H2,1-5H3,(H,20,22). The van der Waals surface area contributed by atoms with Crippen LogP contribution in [0.1, 0.15) is 33.4 Å². The first-order valence-corrected chi connectivity index (χ1v) is 8.01. The zero-order chi connectivity index (χ0) is 18.0. The number of carbonyl (C=O) groups excluding carboxylic acids is 1. The number of hydrogen-bond donors (Lipinski definition) is 3. The molecule has 1 atom stereocenters. The van der Waals surface area contributed by atoms with Gasteiger partial charge in [-0.3, -0.25) is 0 Å². The summed E-state index contributed by atoms with van der Waals surface area (Å²) < 4.78 is 10.5. The number of carbonyl (C=O) groups is 1. The number of aromatic amines is 1. The number of amides is 1. The van der Waals surface area contributed by atoms with Gasteiger partial charge >= 0.3 is 6.09 Å². The lowest BCUT2D eigenvalue weighted by atomic mass is 9.87. The molecule has 1 aromatic heterocycles. The van der Waals surface area contributed by atoms with Crippen molar-refractivity contribution in [1.29, 1.82) is 0 Å². The molecule has 1 unspecified atom stereocenters. The lowest BCUT2D eigenvalue weighted by Gasteiger charge is -2.28. The van der Waals surface area contributed by atoms with Gasteiger partial charge in [0.1, 0.15) is 11.4 Å². The summed E-state index contributed by atoms with van der Waals surface area (Å²) in [7, 11) is 1.64. The van der Waals surface area contributed by atoms with Crippen LogP contribution in [0, 0.1) is 0 Å². The van der Waals surface area contributed by atoms with Crippen LogP contribution < -0.4 is 15.8 Å². The summed E-state index contributed by atoms with van der Waals surface area (Å²) in [5.74, 6) is 0.789. The van der Waals surface area contributed by atoms with Crippen LogP contribution in [0.25, 0.3) is 10.9 Å². The van der Waals surface area contributed by atoms with E-state index in [2.05, 4.69) is 16.4 Å². The number of rotatable bonds is 5. The highest BCUT2D eigenvalue weighted by Gasteiger charge is 2.28. The zero-order valence-electron chi connectivity index (χ0n) is 15.0. The summed E-state index contributed by atoms with van der Waals surface area (Å²) in [6, 6.07) is 7.90. The lowest BCUT2D eigenvalue weighted by Crippen LogP contribution is -2.45. The summed E-state index contributed by atoms with van der Waals surface area (Å²) in [6.07, 6.45) is -0.444. The highest BCUT2D eigenvalue weighted by Crippen LogP contribution is 2.28. The summed E-state index contributed by atoms with van der Waals surface area (Å²) in [5, 5.41) is 3.88. The number of H-pyrrole nitrogens is 1. The van der Waals surface area contributed by atoms with E-state index in [-0.39, 0.29) is 0 Å². The molecular formula is C18H27N3O3. The Labute approximate surface area is 142 Å². The zero-order valence-corrected chi connectivity index (χ0v) is 15.0. The minimum absolute atomic E-state index is 0.377. The smallest absolute Gasteiger partial charge is 0.407 e. The van der Waals surface area contributed by atoms with E-state index >= 15 is 0 Å². The maximum absolute atomic E-state index is 11.9.